The Balaban J connectivity index is 1.76. The van der Waals surface area contributed by atoms with Crippen molar-refractivity contribution >= 4 is 5.91 Å². The number of carbonyl (C=O) groups excluding carboxylic acids is 1. The second-order valence-electron chi connectivity index (χ2n) is 4.31. The van der Waals surface area contributed by atoms with Crippen molar-refractivity contribution in [3.05, 3.63) is 29.8 Å². The van der Waals surface area contributed by atoms with Crippen molar-refractivity contribution in [3.8, 4) is 5.75 Å². The van der Waals surface area contributed by atoms with Gasteiger partial charge in [-0.25, -0.2) is 0 Å². The molecule has 0 aromatic heterocycles. The first kappa shape index (κ1) is 12.9. The predicted molar refractivity (Wildman–Crippen MR) is 67.4 cm³/mol. The number of rotatable bonds is 4. The van der Waals surface area contributed by atoms with E-state index in [0.717, 1.165) is 13.1 Å². The third-order valence-electron chi connectivity index (χ3n) is 2.87. The number of amides is 1. The Morgan fingerprint density at radius 1 is 1.50 bits per heavy atom. The predicted octanol–water partition coefficient (Wildman–Crippen LogP) is 0.0393. The fraction of sp³-hybridized carbons (Fsp3) is 0.462. The van der Waals surface area contributed by atoms with Crippen molar-refractivity contribution in [2.75, 3.05) is 26.2 Å². The van der Waals surface area contributed by atoms with E-state index in [1.54, 1.807) is 24.3 Å². The van der Waals surface area contributed by atoms with Crippen LogP contribution in [0, 0.1) is 0 Å². The fourth-order valence-electron chi connectivity index (χ4n) is 1.87. The van der Waals surface area contributed by atoms with Crippen molar-refractivity contribution in [1.82, 2.24) is 10.6 Å². The number of para-hydroxylation sites is 1. The highest BCUT2D eigenvalue weighted by atomic mass is 16.5. The molecule has 0 spiro atoms. The van der Waals surface area contributed by atoms with Gasteiger partial charge in [0, 0.05) is 25.2 Å². The maximum Gasteiger partial charge on any atom is 0.224 e. The lowest BCUT2D eigenvalue weighted by atomic mass is 10.1. The van der Waals surface area contributed by atoms with Crippen LogP contribution < -0.4 is 10.6 Å². The molecule has 0 aliphatic carbocycles. The van der Waals surface area contributed by atoms with E-state index in [0.29, 0.717) is 18.7 Å². The normalized spacial score (nSPS) is 19.4. The summed E-state index contributed by atoms with van der Waals surface area (Å²) in [5.41, 5.74) is 0.637. The summed E-state index contributed by atoms with van der Waals surface area (Å²) in [5, 5.41) is 15.6. The Kier molecular flexibility index (Phi) is 4.55. The minimum Gasteiger partial charge on any atom is -0.508 e. The first-order valence-corrected chi connectivity index (χ1v) is 6.11. The second kappa shape index (κ2) is 6.37. The highest BCUT2D eigenvalue weighted by Gasteiger charge is 2.14. The molecule has 0 saturated carbocycles. The Labute approximate surface area is 106 Å². The number of hydrogen-bond donors (Lipinski definition) is 3. The van der Waals surface area contributed by atoms with Gasteiger partial charge < -0.3 is 20.5 Å². The molecule has 0 bridgehead atoms. The summed E-state index contributed by atoms with van der Waals surface area (Å²) in [7, 11) is 0. The summed E-state index contributed by atoms with van der Waals surface area (Å²) in [4.78, 5) is 11.7. The minimum absolute atomic E-state index is 0.0343. The zero-order valence-electron chi connectivity index (χ0n) is 10.2. The quantitative estimate of drug-likeness (QED) is 0.705. The van der Waals surface area contributed by atoms with Crippen LogP contribution in [0.4, 0.5) is 0 Å². The van der Waals surface area contributed by atoms with Gasteiger partial charge in [0.15, 0.2) is 0 Å². The first-order chi connectivity index (χ1) is 8.75. The number of carbonyl (C=O) groups is 1. The molecule has 1 saturated heterocycles. The lowest BCUT2D eigenvalue weighted by Crippen LogP contribution is -2.45. The van der Waals surface area contributed by atoms with E-state index in [4.69, 9.17) is 4.74 Å². The van der Waals surface area contributed by atoms with Crippen LogP contribution >= 0.6 is 0 Å². The Bertz CT molecular complexity index is 403. The molecule has 1 atom stereocenters. The molecule has 2 rings (SSSR count). The Morgan fingerprint density at radius 2 is 2.33 bits per heavy atom. The van der Waals surface area contributed by atoms with Gasteiger partial charge in [0.05, 0.1) is 19.1 Å². The average molecular weight is 250 g/mol. The fourth-order valence-corrected chi connectivity index (χ4v) is 1.87. The van der Waals surface area contributed by atoms with Gasteiger partial charge in [0.25, 0.3) is 0 Å². The molecule has 1 unspecified atom stereocenters. The van der Waals surface area contributed by atoms with E-state index >= 15 is 0 Å². The summed E-state index contributed by atoms with van der Waals surface area (Å²) in [5.74, 6) is 0.0499. The zero-order chi connectivity index (χ0) is 12.8. The van der Waals surface area contributed by atoms with E-state index in [1.165, 1.54) is 0 Å². The third kappa shape index (κ3) is 3.72. The van der Waals surface area contributed by atoms with E-state index in [9.17, 15) is 9.90 Å². The van der Waals surface area contributed by atoms with Gasteiger partial charge in [-0.2, -0.15) is 0 Å². The molecule has 5 heteroatoms. The molecule has 3 N–H and O–H groups in total. The zero-order valence-corrected chi connectivity index (χ0v) is 10.2. The molecule has 1 aliphatic heterocycles. The Hall–Kier alpha value is -1.59. The lowest BCUT2D eigenvalue weighted by Gasteiger charge is -2.23. The molecular formula is C13H18N2O3. The van der Waals surface area contributed by atoms with Crippen molar-refractivity contribution in [3.63, 3.8) is 0 Å². The topological polar surface area (TPSA) is 70.6 Å². The smallest absolute Gasteiger partial charge is 0.224 e. The number of nitrogens with one attached hydrogen (secondary N) is 2. The van der Waals surface area contributed by atoms with Crippen LogP contribution in [-0.4, -0.2) is 43.4 Å². The van der Waals surface area contributed by atoms with E-state index in [1.807, 2.05) is 0 Å². The third-order valence-corrected chi connectivity index (χ3v) is 2.87. The van der Waals surface area contributed by atoms with E-state index in [-0.39, 0.29) is 24.2 Å². The van der Waals surface area contributed by atoms with Crippen molar-refractivity contribution in [1.29, 1.82) is 0 Å². The molecule has 5 nitrogen and oxygen atoms in total. The SMILES string of the molecule is O=C(Cc1ccccc1O)NCC1CNCCO1. The molecule has 1 aliphatic rings. The summed E-state index contributed by atoms with van der Waals surface area (Å²) in [6.07, 6.45) is 0.222. The van der Waals surface area contributed by atoms with Crippen LogP contribution in [0.15, 0.2) is 24.3 Å². The van der Waals surface area contributed by atoms with Crippen LogP contribution in [0.3, 0.4) is 0 Å². The minimum atomic E-state index is -0.106. The van der Waals surface area contributed by atoms with Crippen molar-refractivity contribution in [2.45, 2.75) is 12.5 Å². The van der Waals surface area contributed by atoms with Gasteiger partial charge in [-0.15, -0.1) is 0 Å². The number of benzene rings is 1. The van der Waals surface area contributed by atoms with Crippen LogP contribution in [-0.2, 0) is 16.0 Å². The van der Waals surface area contributed by atoms with Crippen LogP contribution in [0.2, 0.25) is 0 Å². The molecular weight excluding hydrogens is 232 g/mol. The summed E-state index contributed by atoms with van der Waals surface area (Å²) >= 11 is 0. The number of aromatic hydroxyl groups is 1. The highest BCUT2D eigenvalue weighted by molar-refractivity contribution is 5.79. The number of phenolic OH excluding ortho intramolecular Hbond substituents is 1. The van der Waals surface area contributed by atoms with Crippen LogP contribution in [0.5, 0.6) is 5.75 Å². The van der Waals surface area contributed by atoms with Crippen LogP contribution in [0.1, 0.15) is 5.56 Å². The number of morpholine rings is 1. The monoisotopic (exact) mass is 250 g/mol. The standard InChI is InChI=1S/C13H18N2O3/c16-12-4-2-1-3-10(12)7-13(17)15-9-11-8-14-5-6-18-11/h1-4,11,14,16H,5-9H2,(H,15,17). The van der Waals surface area contributed by atoms with Gasteiger partial charge in [-0.05, 0) is 6.07 Å². The number of ether oxygens (including phenoxy) is 1. The van der Waals surface area contributed by atoms with Gasteiger partial charge in [0.2, 0.25) is 5.91 Å². The summed E-state index contributed by atoms with van der Waals surface area (Å²) < 4.78 is 5.48. The molecule has 98 valence electrons. The second-order valence-corrected chi connectivity index (χ2v) is 4.31. The number of phenols is 1. The van der Waals surface area contributed by atoms with E-state index < -0.39 is 0 Å². The molecule has 1 fully saturated rings. The highest BCUT2D eigenvalue weighted by Crippen LogP contribution is 2.15. The van der Waals surface area contributed by atoms with Gasteiger partial charge in [0.1, 0.15) is 5.75 Å². The van der Waals surface area contributed by atoms with Gasteiger partial charge in [-0.1, -0.05) is 18.2 Å². The van der Waals surface area contributed by atoms with Crippen molar-refractivity contribution < 1.29 is 14.6 Å². The lowest BCUT2D eigenvalue weighted by molar-refractivity contribution is -0.121. The first-order valence-electron chi connectivity index (χ1n) is 6.11. The molecule has 1 amide bonds. The molecule has 18 heavy (non-hydrogen) atoms. The maximum absolute atomic E-state index is 11.7. The average Bonchev–Trinajstić information content (AvgIpc) is 2.40. The van der Waals surface area contributed by atoms with Crippen LogP contribution in [0.25, 0.3) is 0 Å². The van der Waals surface area contributed by atoms with E-state index in [2.05, 4.69) is 10.6 Å². The largest absolute Gasteiger partial charge is 0.508 e. The van der Waals surface area contributed by atoms with Crippen molar-refractivity contribution in [2.24, 2.45) is 0 Å². The van der Waals surface area contributed by atoms with Gasteiger partial charge >= 0.3 is 0 Å². The summed E-state index contributed by atoms with van der Waals surface area (Å²) in [6, 6.07) is 6.86. The molecule has 0 radical (unpaired) electrons. The summed E-state index contributed by atoms with van der Waals surface area (Å²) in [6.45, 7) is 2.80. The molecule has 1 aromatic carbocycles. The Morgan fingerprint density at radius 3 is 3.06 bits per heavy atom. The number of hydrogen-bond acceptors (Lipinski definition) is 4. The molecule has 1 aromatic rings. The molecule has 1 heterocycles. The van der Waals surface area contributed by atoms with Gasteiger partial charge in [-0.3, -0.25) is 4.79 Å². The maximum atomic E-state index is 11.7.